The molecule has 17 heavy (non-hydrogen) atoms. The Morgan fingerprint density at radius 1 is 1.35 bits per heavy atom. The van der Waals surface area contributed by atoms with Gasteiger partial charge in [-0.05, 0) is 62.1 Å². The fourth-order valence-corrected chi connectivity index (χ4v) is 4.01. The van der Waals surface area contributed by atoms with Crippen molar-refractivity contribution in [2.75, 3.05) is 6.54 Å². The van der Waals surface area contributed by atoms with E-state index >= 15 is 0 Å². The van der Waals surface area contributed by atoms with Crippen LogP contribution in [0.1, 0.15) is 61.8 Å². The van der Waals surface area contributed by atoms with E-state index in [1.165, 1.54) is 50.6 Å². The number of rotatable bonds is 4. The fourth-order valence-electron chi connectivity index (χ4n) is 2.94. The van der Waals surface area contributed by atoms with E-state index < -0.39 is 0 Å². The molecule has 0 bridgehead atoms. The van der Waals surface area contributed by atoms with Crippen molar-refractivity contribution in [1.29, 1.82) is 0 Å². The summed E-state index contributed by atoms with van der Waals surface area (Å²) in [5.74, 6) is 0.812. The number of aryl methyl sites for hydroxylation is 1. The largest absolute Gasteiger partial charge is 0.314 e. The van der Waals surface area contributed by atoms with E-state index in [2.05, 4.69) is 30.6 Å². The van der Waals surface area contributed by atoms with Gasteiger partial charge in [0.15, 0.2) is 0 Å². The summed E-state index contributed by atoms with van der Waals surface area (Å²) >= 11 is 1.96. The minimum absolute atomic E-state index is 0.754. The Morgan fingerprint density at radius 3 is 2.88 bits per heavy atom. The Labute approximate surface area is 110 Å². The summed E-state index contributed by atoms with van der Waals surface area (Å²) < 4.78 is 0. The van der Waals surface area contributed by atoms with E-state index in [1.54, 1.807) is 4.88 Å². The van der Waals surface area contributed by atoms with E-state index in [0.29, 0.717) is 0 Å². The van der Waals surface area contributed by atoms with Gasteiger partial charge in [-0.25, -0.2) is 0 Å². The van der Waals surface area contributed by atoms with Crippen molar-refractivity contribution in [3.8, 4) is 0 Å². The Bertz CT molecular complexity index is 331. The maximum Gasteiger partial charge on any atom is 0.0106 e. The average Bonchev–Trinajstić information content (AvgIpc) is 2.63. The van der Waals surface area contributed by atoms with Crippen LogP contribution in [0.2, 0.25) is 0 Å². The Kier molecular flexibility index (Phi) is 5.05. The van der Waals surface area contributed by atoms with Gasteiger partial charge in [-0.15, -0.1) is 11.3 Å². The van der Waals surface area contributed by atoms with Crippen LogP contribution in [0.5, 0.6) is 0 Å². The predicted molar refractivity (Wildman–Crippen MR) is 77.0 cm³/mol. The quantitative estimate of drug-likeness (QED) is 0.778. The van der Waals surface area contributed by atoms with Gasteiger partial charge < -0.3 is 5.32 Å². The minimum atomic E-state index is 0.754. The Hall–Kier alpha value is -0.340. The van der Waals surface area contributed by atoms with Gasteiger partial charge in [-0.2, -0.15) is 0 Å². The maximum atomic E-state index is 3.73. The summed E-state index contributed by atoms with van der Waals surface area (Å²) in [6, 6.07) is 3.03. The molecule has 1 aromatic heterocycles. The molecule has 1 nitrogen and oxygen atoms in total. The molecule has 0 aliphatic heterocycles. The first-order valence-electron chi connectivity index (χ1n) is 7.08. The third-order valence-electron chi connectivity index (χ3n) is 3.88. The van der Waals surface area contributed by atoms with Crippen LogP contribution in [-0.2, 0) is 0 Å². The Balaban J connectivity index is 1.99. The van der Waals surface area contributed by atoms with Gasteiger partial charge in [-0.1, -0.05) is 19.8 Å². The van der Waals surface area contributed by atoms with E-state index in [1.807, 2.05) is 11.3 Å². The molecule has 0 spiro atoms. The van der Waals surface area contributed by atoms with Crippen molar-refractivity contribution in [2.24, 2.45) is 0 Å². The van der Waals surface area contributed by atoms with Crippen molar-refractivity contribution in [2.45, 2.75) is 64.3 Å². The van der Waals surface area contributed by atoms with Crippen LogP contribution >= 0.6 is 11.3 Å². The highest BCUT2D eigenvalue weighted by Crippen LogP contribution is 2.36. The molecule has 1 heterocycles. The molecule has 0 radical (unpaired) electrons. The van der Waals surface area contributed by atoms with Gasteiger partial charge in [0.05, 0.1) is 0 Å². The summed E-state index contributed by atoms with van der Waals surface area (Å²) in [6.45, 7) is 5.70. The van der Waals surface area contributed by atoms with Gasteiger partial charge in [-0.3, -0.25) is 0 Å². The molecule has 2 unspecified atom stereocenters. The van der Waals surface area contributed by atoms with Gasteiger partial charge in [0.2, 0.25) is 0 Å². The highest BCUT2D eigenvalue weighted by molar-refractivity contribution is 7.10. The standard InChI is InChI=1S/C15H25NS/c1-3-9-16-14-7-5-4-6-13(11-14)15-12(2)8-10-17-15/h8,10,13-14,16H,3-7,9,11H2,1-2H3. The van der Waals surface area contributed by atoms with Crippen molar-refractivity contribution < 1.29 is 0 Å². The highest BCUT2D eigenvalue weighted by atomic mass is 32.1. The van der Waals surface area contributed by atoms with Gasteiger partial charge in [0.25, 0.3) is 0 Å². The monoisotopic (exact) mass is 251 g/mol. The van der Waals surface area contributed by atoms with Crippen LogP contribution in [0, 0.1) is 6.92 Å². The molecule has 1 N–H and O–H groups in total. The zero-order valence-electron chi connectivity index (χ0n) is 11.2. The molecule has 0 saturated heterocycles. The average molecular weight is 251 g/mol. The lowest BCUT2D eigenvalue weighted by Crippen LogP contribution is -2.30. The van der Waals surface area contributed by atoms with Crippen molar-refractivity contribution in [3.05, 3.63) is 21.9 Å². The lowest BCUT2D eigenvalue weighted by atomic mass is 9.94. The van der Waals surface area contributed by atoms with Crippen molar-refractivity contribution >= 4 is 11.3 Å². The molecule has 0 amide bonds. The summed E-state index contributed by atoms with van der Waals surface area (Å²) in [6.07, 6.45) is 8.18. The normalized spacial score (nSPS) is 25.8. The van der Waals surface area contributed by atoms with Gasteiger partial charge >= 0.3 is 0 Å². The summed E-state index contributed by atoms with van der Waals surface area (Å²) in [5, 5.41) is 5.98. The van der Waals surface area contributed by atoms with Gasteiger partial charge in [0.1, 0.15) is 0 Å². The maximum absolute atomic E-state index is 3.73. The number of hydrogen-bond acceptors (Lipinski definition) is 2. The van der Waals surface area contributed by atoms with Crippen LogP contribution < -0.4 is 5.32 Å². The topological polar surface area (TPSA) is 12.0 Å². The van der Waals surface area contributed by atoms with Crippen LogP contribution in [0.4, 0.5) is 0 Å². The molecule has 2 atom stereocenters. The first-order chi connectivity index (χ1) is 8.31. The molecule has 1 aromatic rings. The number of nitrogens with one attached hydrogen (secondary N) is 1. The van der Waals surface area contributed by atoms with Crippen molar-refractivity contribution in [3.63, 3.8) is 0 Å². The molecular weight excluding hydrogens is 226 g/mol. The molecule has 0 aromatic carbocycles. The molecule has 1 fully saturated rings. The summed E-state index contributed by atoms with van der Waals surface area (Å²) in [5.41, 5.74) is 1.51. The van der Waals surface area contributed by atoms with Crippen LogP contribution in [0.15, 0.2) is 11.4 Å². The summed E-state index contributed by atoms with van der Waals surface area (Å²) in [7, 11) is 0. The van der Waals surface area contributed by atoms with E-state index in [-0.39, 0.29) is 0 Å². The number of hydrogen-bond donors (Lipinski definition) is 1. The van der Waals surface area contributed by atoms with E-state index in [9.17, 15) is 0 Å². The lowest BCUT2D eigenvalue weighted by Gasteiger charge is -2.21. The number of thiophene rings is 1. The predicted octanol–water partition coefficient (Wildman–Crippen LogP) is 4.47. The molecule has 96 valence electrons. The van der Waals surface area contributed by atoms with Crippen LogP contribution in [0.3, 0.4) is 0 Å². The fraction of sp³-hybridized carbons (Fsp3) is 0.733. The summed E-state index contributed by atoms with van der Waals surface area (Å²) in [4.78, 5) is 1.65. The first-order valence-corrected chi connectivity index (χ1v) is 7.96. The van der Waals surface area contributed by atoms with Crippen LogP contribution in [-0.4, -0.2) is 12.6 Å². The molecule has 1 aliphatic rings. The SMILES string of the molecule is CCCNC1CCCCC(c2sccc2C)C1. The molecule has 1 aliphatic carbocycles. The zero-order chi connectivity index (χ0) is 12.1. The molecule has 2 rings (SSSR count). The van der Waals surface area contributed by atoms with Gasteiger partial charge in [0, 0.05) is 10.9 Å². The van der Waals surface area contributed by atoms with E-state index in [4.69, 9.17) is 0 Å². The second-order valence-corrected chi connectivity index (χ2v) is 6.28. The first kappa shape index (κ1) is 13.1. The third kappa shape index (κ3) is 3.56. The minimum Gasteiger partial charge on any atom is -0.314 e. The third-order valence-corrected chi connectivity index (χ3v) is 5.06. The second kappa shape index (κ2) is 6.55. The Morgan fingerprint density at radius 2 is 2.18 bits per heavy atom. The molecule has 2 heteroatoms. The second-order valence-electron chi connectivity index (χ2n) is 5.34. The van der Waals surface area contributed by atoms with E-state index in [0.717, 1.165) is 12.0 Å². The van der Waals surface area contributed by atoms with Crippen molar-refractivity contribution in [1.82, 2.24) is 5.32 Å². The molecular formula is C15H25NS. The zero-order valence-corrected chi connectivity index (χ0v) is 12.0. The smallest absolute Gasteiger partial charge is 0.0106 e. The van der Waals surface area contributed by atoms with Crippen LogP contribution in [0.25, 0.3) is 0 Å². The lowest BCUT2D eigenvalue weighted by molar-refractivity contribution is 0.441. The molecule has 1 saturated carbocycles. The highest BCUT2D eigenvalue weighted by Gasteiger charge is 2.22.